The third kappa shape index (κ3) is 8.06. The highest BCUT2D eigenvalue weighted by atomic mass is 16.6. The third-order valence-corrected chi connectivity index (χ3v) is 4.63. The highest BCUT2D eigenvalue weighted by molar-refractivity contribution is 5.94. The van der Waals surface area contributed by atoms with Gasteiger partial charge in [0, 0.05) is 18.7 Å². The lowest BCUT2D eigenvalue weighted by Crippen LogP contribution is -2.37. The van der Waals surface area contributed by atoms with Crippen molar-refractivity contribution in [3.05, 3.63) is 65.2 Å². The number of aromatic carboxylic acids is 1. The van der Waals surface area contributed by atoms with Gasteiger partial charge in [-0.15, -0.1) is 0 Å². The molecule has 0 radical (unpaired) electrons. The summed E-state index contributed by atoms with van der Waals surface area (Å²) in [5.41, 5.74) is 1.51. The van der Waals surface area contributed by atoms with Crippen LogP contribution >= 0.6 is 0 Å². The minimum Gasteiger partial charge on any atom is -0.478 e. The van der Waals surface area contributed by atoms with Gasteiger partial charge in [-0.2, -0.15) is 0 Å². The highest BCUT2D eigenvalue weighted by Crippen LogP contribution is 2.22. The number of carboxylic acids is 1. The summed E-state index contributed by atoms with van der Waals surface area (Å²) >= 11 is 0. The number of nitrogens with zero attached hydrogens (tertiary/aromatic N) is 1. The molecule has 2 rings (SSSR count). The fraction of sp³-hybridized carbons (Fsp3) is 0.400. The van der Waals surface area contributed by atoms with Crippen LogP contribution in [0.1, 0.15) is 62.0 Å². The van der Waals surface area contributed by atoms with Gasteiger partial charge in [-0.3, -0.25) is 4.79 Å². The summed E-state index contributed by atoms with van der Waals surface area (Å²) in [5.74, 6) is -1.29. The molecule has 0 bridgehead atoms. The van der Waals surface area contributed by atoms with Crippen LogP contribution in [0.25, 0.3) is 0 Å². The number of ether oxygens (including phenoxy) is 1. The maximum atomic E-state index is 12.9. The van der Waals surface area contributed by atoms with Crippen LogP contribution < -0.4 is 5.32 Å². The number of amides is 2. The van der Waals surface area contributed by atoms with Crippen molar-refractivity contribution in [1.29, 1.82) is 0 Å². The van der Waals surface area contributed by atoms with Gasteiger partial charge in [0.25, 0.3) is 0 Å². The molecular formula is C25H32N2O5. The van der Waals surface area contributed by atoms with E-state index < -0.39 is 17.7 Å². The summed E-state index contributed by atoms with van der Waals surface area (Å²) in [6.07, 6.45) is 1.15. The van der Waals surface area contributed by atoms with E-state index in [9.17, 15) is 19.5 Å². The number of hydrogen-bond donors (Lipinski definition) is 2. The third-order valence-electron chi connectivity index (χ3n) is 4.63. The Kier molecular flexibility index (Phi) is 8.81. The summed E-state index contributed by atoms with van der Waals surface area (Å²) in [6.45, 7) is 7.88. The lowest BCUT2D eigenvalue weighted by molar-refractivity contribution is -0.116. The molecular weight excluding hydrogens is 408 g/mol. The maximum Gasteiger partial charge on any atom is 0.410 e. The van der Waals surface area contributed by atoms with Crippen LogP contribution in [0.2, 0.25) is 0 Å². The number of carbonyl (C=O) groups excluding carboxylic acids is 2. The topological polar surface area (TPSA) is 95.9 Å². The predicted molar refractivity (Wildman–Crippen MR) is 124 cm³/mol. The van der Waals surface area contributed by atoms with E-state index in [0.717, 1.165) is 5.56 Å². The molecule has 0 atom stereocenters. The quantitative estimate of drug-likeness (QED) is 0.565. The Hall–Kier alpha value is -3.35. The van der Waals surface area contributed by atoms with Gasteiger partial charge in [-0.25, -0.2) is 9.59 Å². The molecule has 2 amide bonds. The van der Waals surface area contributed by atoms with Gasteiger partial charge in [-0.05, 0) is 56.9 Å². The summed E-state index contributed by atoms with van der Waals surface area (Å²) < 4.78 is 5.59. The Bertz CT molecular complexity index is 935. The number of carboxylic acid groups (broad SMARTS) is 1. The average molecular weight is 441 g/mol. The number of rotatable bonds is 9. The second kappa shape index (κ2) is 11.3. The number of carbonyl (C=O) groups is 3. The van der Waals surface area contributed by atoms with Crippen molar-refractivity contribution in [2.75, 3.05) is 11.9 Å². The van der Waals surface area contributed by atoms with E-state index in [2.05, 4.69) is 5.32 Å². The van der Waals surface area contributed by atoms with Crippen LogP contribution in [-0.2, 0) is 22.5 Å². The molecule has 0 aromatic heterocycles. The Morgan fingerprint density at radius 3 is 2.34 bits per heavy atom. The van der Waals surface area contributed by atoms with Crippen LogP contribution in [0.15, 0.2) is 48.5 Å². The van der Waals surface area contributed by atoms with E-state index in [1.807, 2.05) is 37.3 Å². The first-order chi connectivity index (χ1) is 15.1. The highest BCUT2D eigenvalue weighted by Gasteiger charge is 2.23. The molecule has 0 spiro atoms. The van der Waals surface area contributed by atoms with Crippen molar-refractivity contribution in [1.82, 2.24) is 4.90 Å². The molecule has 0 saturated carbocycles. The van der Waals surface area contributed by atoms with Crippen molar-refractivity contribution in [3.63, 3.8) is 0 Å². The zero-order valence-electron chi connectivity index (χ0n) is 19.2. The van der Waals surface area contributed by atoms with Gasteiger partial charge < -0.3 is 20.1 Å². The smallest absolute Gasteiger partial charge is 0.410 e. The van der Waals surface area contributed by atoms with Gasteiger partial charge in [0.2, 0.25) is 5.91 Å². The number of hydrogen-bond acceptors (Lipinski definition) is 4. The van der Waals surface area contributed by atoms with Crippen LogP contribution in [-0.4, -0.2) is 40.1 Å². The van der Waals surface area contributed by atoms with Crippen LogP contribution in [0, 0.1) is 0 Å². The molecule has 0 heterocycles. The summed E-state index contributed by atoms with van der Waals surface area (Å²) in [6, 6.07) is 14.3. The zero-order valence-corrected chi connectivity index (χ0v) is 19.2. The lowest BCUT2D eigenvalue weighted by Gasteiger charge is -2.28. The molecule has 0 unspecified atom stereocenters. The van der Waals surface area contributed by atoms with Crippen LogP contribution in [0.4, 0.5) is 10.5 Å². The van der Waals surface area contributed by atoms with E-state index in [-0.39, 0.29) is 18.0 Å². The first-order valence-corrected chi connectivity index (χ1v) is 10.8. The van der Waals surface area contributed by atoms with Gasteiger partial charge in [0.1, 0.15) is 5.60 Å². The molecule has 7 heteroatoms. The predicted octanol–water partition coefficient (Wildman–Crippen LogP) is 5.10. The molecule has 32 heavy (non-hydrogen) atoms. The Balaban J connectivity index is 2.31. The number of benzene rings is 2. The van der Waals surface area contributed by atoms with Crippen molar-refractivity contribution >= 4 is 23.7 Å². The number of anilines is 1. The van der Waals surface area contributed by atoms with Gasteiger partial charge in [0.15, 0.2) is 0 Å². The monoisotopic (exact) mass is 440 g/mol. The summed E-state index contributed by atoms with van der Waals surface area (Å²) in [5, 5.41) is 12.1. The summed E-state index contributed by atoms with van der Waals surface area (Å²) in [7, 11) is 0. The Morgan fingerprint density at radius 2 is 1.75 bits per heavy atom. The second-order valence-electron chi connectivity index (χ2n) is 8.61. The molecule has 2 aromatic carbocycles. The standard InChI is InChI=1S/C25H32N2O5/c1-5-9-22(28)26-21-16-19(23(29)30)12-13-20(21)17-27(24(31)32-25(2,3)4)15-14-18-10-7-6-8-11-18/h6-8,10-13,16H,5,9,14-15,17H2,1-4H3,(H,26,28)(H,29,30). The molecule has 2 aromatic rings. The fourth-order valence-corrected chi connectivity index (χ4v) is 3.08. The largest absolute Gasteiger partial charge is 0.478 e. The normalized spacial score (nSPS) is 11.0. The van der Waals surface area contributed by atoms with Crippen molar-refractivity contribution in [3.8, 4) is 0 Å². The average Bonchev–Trinajstić information content (AvgIpc) is 2.71. The van der Waals surface area contributed by atoms with Crippen LogP contribution in [0.5, 0.6) is 0 Å². The van der Waals surface area contributed by atoms with Gasteiger partial charge in [-0.1, -0.05) is 43.3 Å². The zero-order chi connectivity index (χ0) is 23.7. The first kappa shape index (κ1) is 24.9. The molecule has 0 aliphatic heterocycles. The minimum atomic E-state index is -1.09. The van der Waals surface area contributed by atoms with E-state index in [4.69, 9.17) is 4.74 Å². The van der Waals surface area contributed by atoms with E-state index in [0.29, 0.717) is 37.1 Å². The van der Waals surface area contributed by atoms with Crippen molar-refractivity contribution in [2.45, 2.75) is 59.1 Å². The summed E-state index contributed by atoms with van der Waals surface area (Å²) in [4.78, 5) is 38.1. The lowest BCUT2D eigenvalue weighted by atomic mass is 10.1. The first-order valence-electron chi connectivity index (χ1n) is 10.8. The molecule has 172 valence electrons. The molecule has 7 nitrogen and oxygen atoms in total. The van der Waals surface area contributed by atoms with E-state index >= 15 is 0 Å². The maximum absolute atomic E-state index is 12.9. The molecule has 0 fully saturated rings. The molecule has 0 aliphatic rings. The second-order valence-corrected chi connectivity index (χ2v) is 8.61. The fourth-order valence-electron chi connectivity index (χ4n) is 3.08. The number of nitrogens with one attached hydrogen (secondary N) is 1. The SMILES string of the molecule is CCCC(=O)Nc1cc(C(=O)O)ccc1CN(CCc1ccccc1)C(=O)OC(C)(C)C. The van der Waals surface area contributed by atoms with Gasteiger partial charge >= 0.3 is 12.1 Å². The van der Waals surface area contributed by atoms with Gasteiger partial charge in [0.05, 0.1) is 12.1 Å². The van der Waals surface area contributed by atoms with E-state index in [1.165, 1.54) is 12.1 Å². The Morgan fingerprint density at radius 1 is 1.06 bits per heavy atom. The van der Waals surface area contributed by atoms with Crippen LogP contribution in [0.3, 0.4) is 0 Å². The Labute approximate surface area is 189 Å². The van der Waals surface area contributed by atoms with Crippen molar-refractivity contribution < 1.29 is 24.2 Å². The molecule has 0 aliphatic carbocycles. The molecule has 2 N–H and O–H groups in total. The van der Waals surface area contributed by atoms with Crippen molar-refractivity contribution in [2.24, 2.45) is 0 Å². The molecule has 0 saturated heterocycles. The minimum absolute atomic E-state index is 0.0636. The van der Waals surface area contributed by atoms with E-state index in [1.54, 1.807) is 31.7 Å².